The predicted octanol–water partition coefficient (Wildman–Crippen LogP) is 5.56. The van der Waals surface area contributed by atoms with Gasteiger partial charge in [0.1, 0.15) is 0 Å². The average molecular weight is 392 g/mol. The maximum absolute atomic E-state index is 13.6. The molecule has 0 aromatic heterocycles. The summed E-state index contributed by atoms with van der Waals surface area (Å²) in [5, 5.41) is 0. The third-order valence-electron chi connectivity index (χ3n) is 2.32. The Bertz CT molecular complexity index is 510. The minimum atomic E-state index is -6.49. The van der Waals surface area contributed by atoms with Gasteiger partial charge in [0, 0.05) is 16.1 Å². The zero-order valence-electron chi connectivity index (χ0n) is 9.31. The van der Waals surface area contributed by atoms with E-state index in [1.165, 1.54) is 6.07 Å². The highest BCUT2D eigenvalue weighted by atomic mass is 79.9. The van der Waals surface area contributed by atoms with E-state index in [-0.39, 0.29) is 6.07 Å². The van der Waals surface area contributed by atoms with Crippen molar-refractivity contribution in [3.63, 3.8) is 0 Å². The van der Waals surface area contributed by atoms with Crippen LogP contribution in [0, 0.1) is 6.07 Å². The highest BCUT2D eigenvalue weighted by Gasteiger charge is 2.73. The van der Waals surface area contributed by atoms with Crippen molar-refractivity contribution in [3.05, 3.63) is 33.8 Å². The molecule has 0 N–H and O–H groups in total. The summed E-state index contributed by atoms with van der Waals surface area (Å²) >= 11 is 2.27. The zero-order valence-corrected chi connectivity index (χ0v) is 10.9. The smallest absolute Gasteiger partial charge is 0.218 e. The minimum Gasteiger partial charge on any atom is -0.218 e. The van der Waals surface area contributed by atoms with E-state index in [1.54, 1.807) is 0 Å². The molecule has 21 heavy (non-hydrogen) atoms. The Labute approximate surface area is 118 Å². The first kappa shape index (κ1) is 18.1. The van der Waals surface area contributed by atoms with E-state index in [9.17, 15) is 43.9 Å². The van der Waals surface area contributed by atoms with Crippen molar-refractivity contribution >= 4 is 15.9 Å². The first-order chi connectivity index (χ1) is 9.10. The summed E-state index contributed by atoms with van der Waals surface area (Å²) in [5.74, 6) is 0. The summed E-state index contributed by atoms with van der Waals surface area (Å²) in [6, 6.07) is 0.816. The molecule has 1 aromatic rings. The molecule has 0 spiro atoms. The lowest BCUT2D eigenvalue weighted by Gasteiger charge is -2.30. The SMILES string of the molecule is FC(F)(F)c1[c]c(Br)cc(C(F)(C(F)(F)F)C(F)(F)F)c1. The van der Waals surface area contributed by atoms with Crippen LogP contribution in [0.15, 0.2) is 16.6 Å². The van der Waals surface area contributed by atoms with Gasteiger partial charge >= 0.3 is 24.2 Å². The third kappa shape index (κ3) is 3.27. The van der Waals surface area contributed by atoms with Crippen molar-refractivity contribution in [3.8, 4) is 0 Å². The molecule has 0 unspecified atom stereocenters. The maximum atomic E-state index is 13.6. The Morgan fingerprint density at radius 3 is 1.52 bits per heavy atom. The minimum absolute atomic E-state index is 0.0593. The van der Waals surface area contributed by atoms with E-state index < -0.39 is 45.9 Å². The van der Waals surface area contributed by atoms with Gasteiger partial charge in [0.2, 0.25) is 0 Å². The molecule has 0 aliphatic heterocycles. The second-order valence-corrected chi connectivity index (χ2v) is 4.64. The molecule has 0 heterocycles. The number of hydrogen-bond acceptors (Lipinski definition) is 0. The summed E-state index contributed by atoms with van der Waals surface area (Å²) < 4.78 is 125. The number of alkyl halides is 10. The van der Waals surface area contributed by atoms with E-state index in [4.69, 9.17) is 0 Å². The lowest BCUT2D eigenvalue weighted by Crippen LogP contribution is -2.50. The van der Waals surface area contributed by atoms with Gasteiger partial charge in [-0.3, -0.25) is 0 Å². The van der Waals surface area contributed by atoms with Crippen molar-refractivity contribution in [2.75, 3.05) is 0 Å². The molecule has 0 saturated heterocycles. The van der Waals surface area contributed by atoms with E-state index in [0.29, 0.717) is 0 Å². The number of halogens is 11. The molecule has 0 saturated carbocycles. The fourth-order valence-electron chi connectivity index (χ4n) is 1.37. The molecular weight excluding hydrogens is 390 g/mol. The molecule has 1 aromatic carbocycles. The number of hydrogen-bond donors (Lipinski definition) is 0. The summed E-state index contributed by atoms with van der Waals surface area (Å²) in [7, 11) is 0. The fraction of sp³-hybridized carbons (Fsp3) is 0.400. The average Bonchev–Trinajstić information content (AvgIpc) is 2.22. The molecule has 1 radical (unpaired) electrons. The van der Waals surface area contributed by atoms with E-state index >= 15 is 0 Å². The third-order valence-corrected chi connectivity index (χ3v) is 2.75. The Morgan fingerprint density at radius 2 is 1.19 bits per heavy atom. The fourth-order valence-corrected chi connectivity index (χ4v) is 1.83. The van der Waals surface area contributed by atoms with Gasteiger partial charge in [-0.05, 0) is 12.1 Å². The molecular formula is C10H2BrF10. The molecule has 0 bridgehead atoms. The standard InChI is InChI=1S/C10H2BrF10/c11-6-2-4(1-5(3-6)8(13,14)15)7(12,9(16,17)18)10(19,20)21/h1-2H. The Hall–Kier alpha value is -1.00. The second kappa shape index (κ2) is 5.03. The molecule has 0 aliphatic carbocycles. The van der Waals surface area contributed by atoms with Crippen LogP contribution in [0.3, 0.4) is 0 Å². The van der Waals surface area contributed by atoms with Crippen LogP contribution in [0.5, 0.6) is 0 Å². The lowest BCUT2D eigenvalue weighted by molar-refractivity contribution is -0.348. The van der Waals surface area contributed by atoms with Gasteiger partial charge in [-0.2, -0.15) is 39.5 Å². The van der Waals surface area contributed by atoms with Gasteiger partial charge in [-0.1, -0.05) is 15.9 Å². The van der Waals surface area contributed by atoms with Crippen LogP contribution in [-0.4, -0.2) is 12.4 Å². The predicted molar refractivity (Wildman–Crippen MR) is 52.9 cm³/mol. The highest BCUT2D eigenvalue weighted by molar-refractivity contribution is 9.10. The lowest BCUT2D eigenvalue weighted by atomic mass is 9.92. The van der Waals surface area contributed by atoms with Crippen molar-refractivity contribution < 1.29 is 43.9 Å². The van der Waals surface area contributed by atoms with Crippen LogP contribution in [0.1, 0.15) is 11.1 Å². The largest absolute Gasteiger partial charge is 0.435 e. The van der Waals surface area contributed by atoms with Crippen LogP contribution < -0.4 is 0 Å². The van der Waals surface area contributed by atoms with E-state index in [1.807, 2.05) is 0 Å². The Balaban J connectivity index is 3.66. The quantitative estimate of drug-likeness (QED) is 0.550. The summed E-state index contributed by atoms with van der Waals surface area (Å²) in [6.07, 6.45) is -18.3. The van der Waals surface area contributed by atoms with Gasteiger partial charge in [0.15, 0.2) is 0 Å². The monoisotopic (exact) mass is 391 g/mol. The van der Waals surface area contributed by atoms with Gasteiger partial charge in [0.25, 0.3) is 0 Å². The molecule has 0 aliphatic rings. The molecule has 0 amide bonds. The second-order valence-electron chi connectivity index (χ2n) is 3.78. The molecule has 0 nitrogen and oxygen atoms in total. The van der Waals surface area contributed by atoms with Crippen molar-refractivity contribution in [1.29, 1.82) is 0 Å². The normalized spacial score (nSPS) is 14.4. The van der Waals surface area contributed by atoms with Crippen LogP contribution in [0.4, 0.5) is 43.9 Å². The Kier molecular flexibility index (Phi) is 4.32. The summed E-state index contributed by atoms with van der Waals surface area (Å²) in [5.41, 5.74) is -10.1. The Morgan fingerprint density at radius 1 is 0.762 bits per heavy atom. The summed E-state index contributed by atoms with van der Waals surface area (Å²) in [4.78, 5) is 0. The summed E-state index contributed by atoms with van der Waals surface area (Å²) in [6.45, 7) is 0. The molecule has 119 valence electrons. The first-order valence-electron chi connectivity index (χ1n) is 4.73. The first-order valence-corrected chi connectivity index (χ1v) is 5.53. The van der Waals surface area contributed by atoms with Crippen molar-refractivity contribution in [2.24, 2.45) is 0 Å². The van der Waals surface area contributed by atoms with Gasteiger partial charge < -0.3 is 0 Å². The molecule has 0 atom stereocenters. The van der Waals surface area contributed by atoms with E-state index in [2.05, 4.69) is 15.9 Å². The van der Waals surface area contributed by atoms with E-state index in [0.717, 1.165) is 0 Å². The maximum Gasteiger partial charge on any atom is 0.435 e. The topological polar surface area (TPSA) is 0 Å². The molecule has 0 fully saturated rings. The van der Waals surface area contributed by atoms with Crippen LogP contribution in [0.2, 0.25) is 0 Å². The molecule has 1 rings (SSSR count). The van der Waals surface area contributed by atoms with Gasteiger partial charge in [-0.15, -0.1) is 0 Å². The molecule has 11 heteroatoms. The van der Waals surface area contributed by atoms with Crippen LogP contribution in [0.25, 0.3) is 0 Å². The number of rotatable bonds is 1. The van der Waals surface area contributed by atoms with Gasteiger partial charge in [0.05, 0.1) is 5.56 Å². The van der Waals surface area contributed by atoms with Crippen LogP contribution in [-0.2, 0) is 11.8 Å². The number of benzene rings is 1. The van der Waals surface area contributed by atoms with Gasteiger partial charge in [-0.25, -0.2) is 4.39 Å². The highest BCUT2D eigenvalue weighted by Crippen LogP contribution is 2.54. The van der Waals surface area contributed by atoms with Crippen molar-refractivity contribution in [2.45, 2.75) is 24.2 Å². The van der Waals surface area contributed by atoms with Crippen LogP contribution >= 0.6 is 15.9 Å². The van der Waals surface area contributed by atoms with Crippen molar-refractivity contribution in [1.82, 2.24) is 0 Å². The zero-order chi connectivity index (χ0) is 16.9.